The number of phenolic OH excluding ortho intramolecular Hbond substituents is 1. The highest BCUT2D eigenvalue weighted by molar-refractivity contribution is 9.10. The van der Waals surface area contributed by atoms with E-state index in [-0.39, 0.29) is 17.7 Å². The Morgan fingerprint density at radius 1 is 1.56 bits per heavy atom. The molecule has 4 nitrogen and oxygen atoms in total. The smallest absolute Gasteiger partial charge is 0.255 e. The van der Waals surface area contributed by atoms with Gasteiger partial charge in [0.05, 0.1) is 5.56 Å². The number of carbonyl (C=O) groups excluding carboxylic acids is 1. The van der Waals surface area contributed by atoms with Crippen LogP contribution in [0.4, 0.5) is 0 Å². The molecule has 1 aromatic rings. The van der Waals surface area contributed by atoms with Crippen molar-refractivity contribution < 1.29 is 9.90 Å². The summed E-state index contributed by atoms with van der Waals surface area (Å²) >= 11 is 3.27. The molecule has 1 aliphatic rings. The third-order valence-corrected chi connectivity index (χ3v) is 3.09. The molecule has 3 N–H and O–H groups in total. The Morgan fingerprint density at radius 2 is 2.38 bits per heavy atom. The second-order valence-corrected chi connectivity index (χ2v) is 4.74. The molecule has 0 aliphatic carbocycles. The van der Waals surface area contributed by atoms with Crippen molar-refractivity contribution >= 4 is 21.8 Å². The van der Waals surface area contributed by atoms with Crippen LogP contribution < -0.4 is 10.6 Å². The van der Waals surface area contributed by atoms with Crippen molar-refractivity contribution in [2.45, 2.75) is 12.5 Å². The fraction of sp³-hybridized carbons (Fsp3) is 0.364. The number of hydrogen-bond donors (Lipinski definition) is 3. The molecule has 1 amide bonds. The number of rotatable bonds is 2. The summed E-state index contributed by atoms with van der Waals surface area (Å²) in [4.78, 5) is 11.9. The molecule has 86 valence electrons. The minimum atomic E-state index is -0.229. The van der Waals surface area contributed by atoms with Crippen molar-refractivity contribution in [2.75, 3.05) is 13.1 Å². The molecule has 0 bridgehead atoms. The van der Waals surface area contributed by atoms with E-state index in [1.165, 1.54) is 6.07 Å². The number of nitrogens with one attached hydrogen (secondary N) is 2. The zero-order valence-corrected chi connectivity index (χ0v) is 10.3. The summed E-state index contributed by atoms with van der Waals surface area (Å²) in [7, 11) is 0. The summed E-state index contributed by atoms with van der Waals surface area (Å²) in [6.07, 6.45) is 0.931. The van der Waals surface area contributed by atoms with Crippen LogP contribution in [-0.2, 0) is 0 Å². The van der Waals surface area contributed by atoms with Crippen LogP contribution in [0.15, 0.2) is 22.7 Å². The predicted octanol–water partition coefficient (Wildman–Crippen LogP) is 1.25. The zero-order chi connectivity index (χ0) is 11.5. The van der Waals surface area contributed by atoms with E-state index in [0.717, 1.165) is 24.0 Å². The van der Waals surface area contributed by atoms with Gasteiger partial charge in [-0.25, -0.2) is 0 Å². The van der Waals surface area contributed by atoms with Crippen LogP contribution in [0, 0.1) is 0 Å². The van der Waals surface area contributed by atoms with Crippen molar-refractivity contribution in [1.29, 1.82) is 0 Å². The predicted molar refractivity (Wildman–Crippen MR) is 64.5 cm³/mol. The van der Waals surface area contributed by atoms with Gasteiger partial charge in [0.1, 0.15) is 5.75 Å². The largest absolute Gasteiger partial charge is 0.507 e. The highest BCUT2D eigenvalue weighted by Gasteiger charge is 2.19. The number of hydrogen-bond acceptors (Lipinski definition) is 3. The molecule has 0 saturated carbocycles. The van der Waals surface area contributed by atoms with Crippen molar-refractivity contribution in [3.63, 3.8) is 0 Å². The molecular weight excluding hydrogens is 272 g/mol. The lowest BCUT2D eigenvalue weighted by molar-refractivity contribution is 0.0937. The highest BCUT2D eigenvalue weighted by Crippen LogP contribution is 2.21. The van der Waals surface area contributed by atoms with E-state index in [1.54, 1.807) is 12.1 Å². The summed E-state index contributed by atoms with van der Waals surface area (Å²) in [5.74, 6) is -0.223. The van der Waals surface area contributed by atoms with Crippen molar-refractivity contribution in [2.24, 2.45) is 0 Å². The Kier molecular flexibility index (Phi) is 3.46. The lowest BCUT2D eigenvalue weighted by Crippen LogP contribution is -2.36. The number of benzene rings is 1. The summed E-state index contributed by atoms with van der Waals surface area (Å²) in [6.45, 7) is 1.72. The third-order valence-electron chi connectivity index (χ3n) is 2.60. The van der Waals surface area contributed by atoms with Crippen LogP contribution in [0.25, 0.3) is 0 Å². The van der Waals surface area contributed by atoms with E-state index in [1.807, 2.05) is 0 Å². The number of phenols is 1. The monoisotopic (exact) mass is 284 g/mol. The minimum absolute atomic E-state index is 0.00616. The van der Waals surface area contributed by atoms with Gasteiger partial charge in [-0.05, 0) is 31.2 Å². The topological polar surface area (TPSA) is 61.4 Å². The van der Waals surface area contributed by atoms with Crippen LogP contribution >= 0.6 is 15.9 Å². The summed E-state index contributed by atoms with van der Waals surface area (Å²) in [5, 5.41) is 15.6. The van der Waals surface area contributed by atoms with Gasteiger partial charge in [-0.2, -0.15) is 0 Å². The molecule has 0 aromatic heterocycles. The third kappa shape index (κ3) is 2.54. The van der Waals surface area contributed by atoms with Gasteiger partial charge in [0.15, 0.2) is 0 Å². The molecule has 1 aromatic carbocycles. The molecule has 1 saturated heterocycles. The second-order valence-electron chi connectivity index (χ2n) is 3.82. The van der Waals surface area contributed by atoms with Gasteiger partial charge >= 0.3 is 0 Å². The Labute approximate surface area is 102 Å². The van der Waals surface area contributed by atoms with Crippen LogP contribution in [-0.4, -0.2) is 30.1 Å². The first-order valence-corrected chi connectivity index (χ1v) is 5.96. The number of aromatic hydroxyl groups is 1. The quantitative estimate of drug-likeness (QED) is 0.766. The summed E-state index contributed by atoms with van der Waals surface area (Å²) in [5.41, 5.74) is 0.307. The first-order valence-electron chi connectivity index (χ1n) is 5.17. The maximum absolute atomic E-state index is 11.9. The average molecular weight is 285 g/mol. The number of carbonyl (C=O) groups is 1. The molecule has 1 atom stereocenters. The molecule has 0 unspecified atom stereocenters. The first kappa shape index (κ1) is 11.4. The van der Waals surface area contributed by atoms with Gasteiger partial charge in [-0.3, -0.25) is 4.79 Å². The van der Waals surface area contributed by atoms with E-state index in [4.69, 9.17) is 0 Å². The second kappa shape index (κ2) is 4.84. The standard InChI is InChI=1S/C11H13BrN2O2/c12-7-1-2-10(15)9(5-7)11(16)14-8-3-4-13-6-8/h1-2,5,8,13,15H,3-4,6H2,(H,14,16)/t8-/m0/s1. The minimum Gasteiger partial charge on any atom is -0.507 e. The Balaban J connectivity index is 2.10. The highest BCUT2D eigenvalue weighted by atomic mass is 79.9. The van der Waals surface area contributed by atoms with E-state index in [0.29, 0.717) is 5.56 Å². The molecule has 16 heavy (non-hydrogen) atoms. The fourth-order valence-corrected chi connectivity index (χ4v) is 2.09. The van der Waals surface area contributed by atoms with Crippen molar-refractivity contribution in [3.05, 3.63) is 28.2 Å². The van der Waals surface area contributed by atoms with Gasteiger partial charge in [0.2, 0.25) is 0 Å². The van der Waals surface area contributed by atoms with E-state index < -0.39 is 0 Å². The van der Waals surface area contributed by atoms with Gasteiger partial charge in [0.25, 0.3) is 5.91 Å². The van der Waals surface area contributed by atoms with Crippen LogP contribution in [0.2, 0.25) is 0 Å². The maximum Gasteiger partial charge on any atom is 0.255 e. The van der Waals surface area contributed by atoms with Crippen LogP contribution in [0.5, 0.6) is 5.75 Å². The fourth-order valence-electron chi connectivity index (χ4n) is 1.73. The van der Waals surface area contributed by atoms with Gasteiger partial charge in [0, 0.05) is 17.1 Å². The molecule has 5 heteroatoms. The van der Waals surface area contributed by atoms with E-state index in [2.05, 4.69) is 26.6 Å². The van der Waals surface area contributed by atoms with Crippen molar-refractivity contribution in [1.82, 2.24) is 10.6 Å². The van der Waals surface area contributed by atoms with Gasteiger partial charge in [-0.1, -0.05) is 15.9 Å². The average Bonchev–Trinajstić information content (AvgIpc) is 2.74. The lowest BCUT2D eigenvalue weighted by Gasteiger charge is -2.12. The molecular formula is C11H13BrN2O2. The van der Waals surface area contributed by atoms with Gasteiger partial charge < -0.3 is 15.7 Å². The van der Waals surface area contributed by atoms with Crippen LogP contribution in [0.1, 0.15) is 16.8 Å². The Morgan fingerprint density at radius 3 is 3.06 bits per heavy atom. The molecule has 1 aliphatic heterocycles. The van der Waals surface area contributed by atoms with Gasteiger partial charge in [-0.15, -0.1) is 0 Å². The summed E-state index contributed by atoms with van der Waals surface area (Å²) < 4.78 is 0.778. The lowest BCUT2D eigenvalue weighted by atomic mass is 10.1. The first-order chi connectivity index (χ1) is 7.66. The Bertz CT molecular complexity index is 403. The molecule has 0 radical (unpaired) electrons. The SMILES string of the molecule is O=C(N[C@H]1CCNC1)c1cc(Br)ccc1O. The molecule has 1 fully saturated rings. The van der Waals surface area contributed by atoms with Crippen LogP contribution in [0.3, 0.4) is 0 Å². The Hall–Kier alpha value is -1.07. The van der Waals surface area contributed by atoms with E-state index in [9.17, 15) is 9.90 Å². The number of amides is 1. The molecule has 1 heterocycles. The van der Waals surface area contributed by atoms with Crippen molar-refractivity contribution in [3.8, 4) is 5.75 Å². The zero-order valence-electron chi connectivity index (χ0n) is 8.66. The normalized spacial score (nSPS) is 19.7. The maximum atomic E-state index is 11.9. The molecule has 0 spiro atoms. The number of halogens is 1. The van der Waals surface area contributed by atoms with E-state index >= 15 is 0 Å². The summed E-state index contributed by atoms with van der Waals surface area (Å²) in [6, 6.07) is 4.98. The molecule has 2 rings (SSSR count).